The highest BCUT2D eigenvalue weighted by Crippen LogP contribution is 2.43. The summed E-state index contributed by atoms with van der Waals surface area (Å²) in [5.74, 6) is -0.0417. The monoisotopic (exact) mass is 499 g/mol. The quantitative estimate of drug-likeness (QED) is 0.219. The van der Waals surface area contributed by atoms with Crippen molar-refractivity contribution in [3.05, 3.63) is 95.1 Å². The van der Waals surface area contributed by atoms with Crippen molar-refractivity contribution in [2.75, 3.05) is 11.5 Å². The molecular formula is C31H33NO5. The fourth-order valence-electron chi connectivity index (χ4n) is 4.36. The van der Waals surface area contributed by atoms with Gasteiger partial charge in [-0.3, -0.25) is 14.5 Å². The molecule has 0 spiro atoms. The maximum absolute atomic E-state index is 13.4. The van der Waals surface area contributed by atoms with Crippen molar-refractivity contribution in [3.63, 3.8) is 0 Å². The van der Waals surface area contributed by atoms with Crippen LogP contribution < -0.4 is 14.4 Å². The molecule has 1 amide bonds. The minimum atomic E-state index is -0.794. The lowest BCUT2D eigenvalue weighted by Gasteiger charge is -2.26. The number of Topliss-reactive ketones (excluding diaryl/α,β-unsaturated/α-hetero) is 1. The summed E-state index contributed by atoms with van der Waals surface area (Å²) in [6, 6.07) is 20.8. The molecule has 0 aliphatic carbocycles. The first kappa shape index (κ1) is 26.0. The number of amides is 1. The average molecular weight is 500 g/mol. The highest BCUT2D eigenvalue weighted by Gasteiger charge is 2.47. The van der Waals surface area contributed by atoms with E-state index in [9.17, 15) is 14.7 Å². The first-order valence-electron chi connectivity index (χ1n) is 12.5. The van der Waals surface area contributed by atoms with Gasteiger partial charge in [-0.15, -0.1) is 0 Å². The van der Waals surface area contributed by atoms with Gasteiger partial charge in [-0.1, -0.05) is 55.8 Å². The van der Waals surface area contributed by atoms with Gasteiger partial charge in [0.05, 0.1) is 24.3 Å². The Morgan fingerprint density at radius 2 is 1.62 bits per heavy atom. The molecule has 1 aliphatic heterocycles. The molecule has 3 aromatic carbocycles. The van der Waals surface area contributed by atoms with E-state index < -0.39 is 17.7 Å². The molecule has 1 atom stereocenters. The topological polar surface area (TPSA) is 76.1 Å². The predicted molar refractivity (Wildman–Crippen MR) is 145 cm³/mol. The van der Waals surface area contributed by atoms with E-state index in [2.05, 4.69) is 13.8 Å². The summed E-state index contributed by atoms with van der Waals surface area (Å²) in [5.41, 5.74) is 2.70. The van der Waals surface area contributed by atoms with Gasteiger partial charge in [-0.05, 0) is 68.7 Å². The van der Waals surface area contributed by atoms with E-state index in [0.29, 0.717) is 35.3 Å². The zero-order chi connectivity index (χ0) is 26.7. The predicted octanol–water partition coefficient (Wildman–Crippen LogP) is 6.44. The molecule has 1 fully saturated rings. The van der Waals surface area contributed by atoms with Crippen molar-refractivity contribution in [2.24, 2.45) is 5.92 Å². The van der Waals surface area contributed by atoms with E-state index in [1.807, 2.05) is 45.0 Å². The fourth-order valence-corrected chi connectivity index (χ4v) is 4.36. The van der Waals surface area contributed by atoms with Gasteiger partial charge in [0.15, 0.2) is 0 Å². The molecule has 1 unspecified atom stereocenters. The normalized spacial score (nSPS) is 17.1. The summed E-state index contributed by atoms with van der Waals surface area (Å²) in [6.07, 6.45) is -0.0530. The van der Waals surface area contributed by atoms with Crippen LogP contribution in [0.4, 0.5) is 5.69 Å². The largest absolute Gasteiger partial charge is 0.507 e. The van der Waals surface area contributed by atoms with E-state index >= 15 is 0 Å². The molecule has 1 saturated heterocycles. The van der Waals surface area contributed by atoms with Crippen LogP contribution in [0.15, 0.2) is 78.4 Å². The highest BCUT2D eigenvalue weighted by atomic mass is 16.5. The Morgan fingerprint density at radius 3 is 2.27 bits per heavy atom. The number of anilines is 1. The van der Waals surface area contributed by atoms with Crippen LogP contribution in [-0.4, -0.2) is 29.5 Å². The Balaban J connectivity index is 1.82. The van der Waals surface area contributed by atoms with Crippen molar-refractivity contribution < 1.29 is 24.2 Å². The molecule has 192 valence electrons. The standard InChI is InChI=1S/C31H33NO5/c1-19(2)18-36-25-14-12-24(13-15-25)32-28(22-9-6-8-21(5)16-22)27(30(34)31(32)35)29(33)23-10-7-11-26(17-23)37-20(3)4/h6-17,19-20,28,33H,18H2,1-5H3/b29-27-. The lowest BCUT2D eigenvalue weighted by Crippen LogP contribution is -2.29. The van der Waals surface area contributed by atoms with E-state index in [0.717, 1.165) is 11.1 Å². The van der Waals surface area contributed by atoms with Gasteiger partial charge in [-0.2, -0.15) is 0 Å². The summed E-state index contributed by atoms with van der Waals surface area (Å²) in [5, 5.41) is 11.4. The second-order valence-corrected chi connectivity index (χ2v) is 9.98. The number of rotatable bonds is 8. The maximum Gasteiger partial charge on any atom is 0.300 e. The molecule has 6 nitrogen and oxygen atoms in total. The number of aryl methyl sites for hydroxylation is 1. The molecule has 0 aromatic heterocycles. The Hall–Kier alpha value is -4.06. The van der Waals surface area contributed by atoms with E-state index in [1.165, 1.54) is 4.90 Å². The number of hydrogen-bond acceptors (Lipinski definition) is 5. The maximum atomic E-state index is 13.4. The van der Waals surface area contributed by atoms with Gasteiger partial charge >= 0.3 is 0 Å². The number of ether oxygens (including phenoxy) is 2. The molecule has 0 radical (unpaired) electrons. The summed E-state index contributed by atoms with van der Waals surface area (Å²) < 4.78 is 11.6. The number of nitrogens with zero attached hydrogens (tertiary/aromatic N) is 1. The Kier molecular flexibility index (Phi) is 7.67. The van der Waals surface area contributed by atoms with Crippen molar-refractivity contribution in [1.29, 1.82) is 0 Å². The second kappa shape index (κ2) is 10.9. The molecule has 6 heteroatoms. The number of carbonyl (C=O) groups is 2. The molecule has 1 heterocycles. The lowest BCUT2D eigenvalue weighted by atomic mass is 9.94. The van der Waals surface area contributed by atoms with E-state index in [1.54, 1.807) is 48.5 Å². The van der Waals surface area contributed by atoms with Crippen LogP contribution in [-0.2, 0) is 9.59 Å². The van der Waals surface area contributed by atoms with Crippen molar-refractivity contribution in [1.82, 2.24) is 0 Å². The molecule has 37 heavy (non-hydrogen) atoms. The summed E-state index contributed by atoms with van der Waals surface area (Å²) in [7, 11) is 0. The summed E-state index contributed by atoms with van der Waals surface area (Å²) in [4.78, 5) is 28.3. The van der Waals surface area contributed by atoms with Crippen LogP contribution in [0.3, 0.4) is 0 Å². The first-order valence-corrected chi connectivity index (χ1v) is 12.5. The number of hydrogen-bond donors (Lipinski definition) is 1. The Bertz CT molecular complexity index is 1320. The molecule has 0 bridgehead atoms. The second-order valence-electron chi connectivity index (χ2n) is 9.98. The van der Waals surface area contributed by atoms with Crippen molar-refractivity contribution in [3.8, 4) is 11.5 Å². The van der Waals surface area contributed by atoms with Gasteiger partial charge < -0.3 is 14.6 Å². The molecule has 0 saturated carbocycles. The number of benzene rings is 3. The molecule has 3 aromatic rings. The van der Waals surface area contributed by atoms with Gasteiger partial charge in [0.25, 0.3) is 11.7 Å². The fraction of sp³-hybridized carbons (Fsp3) is 0.290. The van der Waals surface area contributed by atoms with E-state index in [-0.39, 0.29) is 17.4 Å². The van der Waals surface area contributed by atoms with Crippen molar-refractivity contribution >= 4 is 23.1 Å². The average Bonchev–Trinajstić information content (AvgIpc) is 3.12. The minimum absolute atomic E-state index is 0.0393. The lowest BCUT2D eigenvalue weighted by molar-refractivity contribution is -0.132. The van der Waals surface area contributed by atoms with Crippen LogP contribution in [0.1, 0.15) is 50.4 Å². The molecule has 1 aliphatic rings. The summed E-state index contributed by atoms with van der Waals surface area (Å²) >= 11 is 0. The van der Waals surface area contributed by atoms with Crippen LogP contribution in [0.25, 0.3) is 5.76 Å². The third-order valence-corrected chi connectivity index (χ3v) is 5.98. The SMILES string of the molecule is Cc1cccc(C2/C(=C(/O)c3cccc(OC(C)C)c3)C(=O)C(=O)N2c2ccc(OCC(C)C)cc2)c1. The van der Waals surface area contributed by atoms with Crippen LogP contribution in [0, 0.1) is 12.8 Å². The zero-order valence-electron chi connectivity index (χ0n) is 21.9. The zero-order valence-corrected chi connectivity index (χ0v) is 21.9. The third-order valence-electron chi connectivity index (χ3n) is 5.98. The molecule has 4 rings (SSSR count). The third kappa shape index (κ3) is 5.69. The van der Waals surface area contributed by atoms with Gasteiger partial charge in [0.2, 0.25) is 0 Å². The minimum Gasteiger partial charge on any atom is -0.507 e. The van der Waals surface area contributed by atoms with Crippen molar-refractivity contribution in [2.45, 2.75) is 46.8 Å². The Morgan fingerprint density at radius 1 is 0.919 bits per heavy atom. The molecular weight excluding hydrogens is 466 g/mol. The van der Waals surface area contributed by atoms with Crippen LogP contribution in [0.5, 0.6) is 11.5 Å². The van der Waals surface area contributed by atoms with Gasteiger partial charge in [-0.25, -0.2) is 0 Å². The smallest absolute Gasteiger partial charge is 0.300 e. The number of ketones is 1. The molecule has 1 N–H and O–H groups in total. The van der Waals surface area contributed by atoms with Gasteiger partial charge in [0, 0.05) is 11.3 Å². The number of aliphatic hydroxyl groups excluding tert-OH is 1. The summed E-state index contributed by atoms with van der Waals surface area (Å²) in [6.45, 7) is 10.5. The van der Waals surface area contributed by atoms with Gasteiger partial charge in [0.1, 0.15) is 17.3 Å². The number of aliphatic hydroxyl groups is 1. The Labute approximate surface area is 218 Å². The highest BCUT2D eigenvalue weighted by molar-refractivity contribution is 6.51. The first-order chi connectivity index (χ1) is 17.7. The van der Waals surface area contributed by atoms with Crippen LogP contribution in [0.2, 0.25) is 0 Å². The number of carbonyl (C=O) groups excluding carboxylic acids is 2. The van der Waals surface area contributed by atoms with E-state index in [4.69, 9.17) is 9.47 Å². The van der Waals surface area contributed by atoms with Crippen LogP contribution >= 0.6 is 0 Å².